The van der Waals surface area contributed by atoms with Crippen LogP contribution in [0.25, 0.3) is 5.70 Å². The van der Waals surface area contributed by atoms with Gasteiger partial charge in [-0.3, -0.25) is 0 Å². The first kappa shape index (κ1) is 18.0. The number of aliphatic hydroxyl groups is 1. The van der Waals surface area contributed by atoms with Crippen molar-refractivity contribution in [1.82, 2.24) is 14.9 Å². The summed E-state index contributed by atoms with van der Waals surface area (Å²) in [4.78, 5) is 4.04. The Bertz CT molecular complexity index is 654. The monoisotopic (exact) mass is 331 g/mol. The Labute approximate surface area is 142 Å². The summed E-state index contributed by atoms with van der Waals surface area (Å²) in [6.07, 6.45) is 4.55. The van der Waals surface area contributed by atoms with E-state index in [1.165, 1.54) is 0 Å². The van der Waals surface area contributed by atoms with E-state index in [0.717, 1.165) is 11.3 Å². The number of benzene rings is 1. The highest BCUT2D eigenvalue weighted by atomic mass is 16.5. The molecule has 1 aromatic heterocycles. The van der Waals surface area contributed by atoms with Crippen molar-refractivity contribution in [3.05, 3.63) is 49.1 Å². The molecular weight excluding hydrogens is 306 g/mol. The van der Waals surface area contributed by atoms with Crippen molar-refractivity contribution >= 4 is 5.70 Å². The van der Waals surface area contributed by atoms with Gasteiger partial charge in [-0.15, -0.1) is 0 Å². The highest BCUT2D eigenvalue weighted by Gasteiger charge is 2.16. The zero-order valence-corrected chi connectivity index (χ0v) is 14.4. The third-order valence-electron chi connectivity index (χ3n) is 3.51. The lowest BCUT2D eigenvalue weighted by atomic mass is 10.1. The Balaban J connectivity index is 2.16. The van der Waals surface area contributed by atoms with Crippen LogP contribution in [0.4, 0.5) is 0 Å². The molecule has 0 fully saturated rings. The number of aliphatic hydroxyl groups excluding tert-OH is 1. The molecule has 6 nitrogen and oxygen atoms in total. The summed E-state index contributed by atoms with van der Waals surface area (Å²) in [6, 6.07) is 5.90. The van der Waals surface area contributed by atoms with Gasteiger partial charge in [0, 0.05) is 30.5 Å². The predicted octanol–water partition coefficient (Wildman–Crippen LogP) is 2.15. The van der Waals surface area contributed by atoms with Crippen LogP contribution >= 0.6 is 0 Å². The van der Waals surface area contributed by atoms with Gasteiger partial charge in [0.25, 0.3) is 0 Å². The fraction of sp³-hybridized carbons (Fsp3) is 0.389. The molecule has 1 heterocycles. The van der Waals surface area contributed by atoms with Crippen LogP contribution in [0.5, 0.6) is 11.5 Å². The molecule has 1 atom stereocenters. The molecule has 0 aliphatic heterocycles. The Kier molecular flexibility index (Phi) is 6.40. The third kappa shape index (κ3) is 4.59. The first-order valence-corrected chi connectivity index (χ1v) is 7.91. The number of aromatic nitrogens is 2. The fourth-order valence-electron chi connectivity index (χ4n) is 2.22. The van der Waals surface area contributed by atoms with E-state index in [2.05, 4.69) is 16.9 Å². The number of methoxy groups -OCH3 is 1. The van der Waals surface area contributed by atoms with Crippen LogP contribution in [0.1, 0.15) is 19.4 Å². The Morgan fingerprint density at radius 3 is 2.83 bits per heavy atom. The van der Waals surface area contributed by atoms with E-state index in [1.54, 1.807) is 24.2 Å². The minimum Gasteiger partial charge on any atom is -0.493 e. The number of nitrogens with one attached hydrogen (secondary N) is 1. The molecule has 0 amide bonds. The zero-order chi connectivity index (χ0) is 17.5. The molecule has 0 aliphatic carbocycles. The maximum Gasteiger partial charge on any atom is 0.170 e. The van der Waals surface area contributed by atoms with Crippen LogP contribution in [-0.4, -0.2) is 47.1 Å². The number of rotatable bonds is 9. The first-order chi connectivity index (χ1) is 11.5. The quantitative estimate of drug-likeness (QED) is 0.737. The molecule has 0 bridgehead atoms. The summed E-state index contributed by atoms with van der Waals surface area (Å²) < 4.78 is 13.1. The SMILES string of the molecule is C=C(c1cccc(OC)c1OCC(O)CNC(C)C)n1ccnc1. The van der Waals surface area contributed by atoms with E-state index >= 15 is 0 Å². The Morgan fingerprint density at radius 2 is 2.21 bits per heavy atom. The second-order valence-corrected chi connectivity index (χ2v) is 5.78. The number of ether oxygens (including phenoxy) is 2. The van der Waals surface area contributed by atoms with E-state index in [4.69, 9.17) is 9.47 Å². The van der Waals surface area contributed by atoms with Gasteiger partial charge in [-0.1, -0.05) is 26.5 Å². The number of hydrogen-bond acceptors (Lipinski definition) is 5. The molecule has 0 aliphatic rings. The molecule has 0 saturated carbocycles. The van der Waals surface area contributed by atoms with Gasteiger partial charge in [0.2, 0.25) is 0 Å². The van der Waals surface area contributed by atoms with E-state index in [9.17, 15) is 5.11 Å². The average Bonchev–Trinajstić information content (AvgIpc) is 3.11. The largest absolute Gasteiger partial charge is 0.493 e. The lowest BCUT2D eigenvalue weighted by molar-refractivity contribution is 0.103. The lowest BCUT2D eigenvalue weighted by Crippen LogP contribution is -2.35. The molecule has 2 N–H and O–H groups in total. The van der Waals surface area contributed by atoms with E-state index in [-0.39, 0.29) is 6.61 Å². The van der Waals surface area contributed by atoms with E-state index in [1.807, 2.05) is 38.2 Å². The van der Waals surface area contributed by atoms with Crippen molar-refractivity contribution in [2.24, 2.45) is 0 Å². The van der Waals surface area contributed by atoms with Gasteiger partial charge >= 0.3 is 0 Å². The van der Waals surface area contributed by atoms with Gasteiger partial charge in [-0.25, -0.2) is 4.98 Å². The molecule has 1 aromatic carbocycles. The zero-order valence-electron chi connectivity index (χ0n) is 14.4. The fourth-order valence-corrected chi connectivity index (χ4v) is 2.22. The summed E-state index contributed by atoms with van der Waals surface area (Å²) in [5, 5.41) is 13.2. The van der Waals surface area contributed by atoms with Crippen molar-refractivity contribution < 1.29 is 14.6 Å². The van der Waals surface area contributed by atoms with Crippen molar-refractivity contribution in [3.8, 4) is 11.5 Å². The molecule has 6 heteroatoms. The average molecular weight is 331 g/mol. The number of nitrogens with zero attached hydrogens (tertiary/aromatic N) is 2. The Morgan fingerprint density at radius 1 is 1.42 bits per heavy atom. The van der Waals surface area contributed by atoms with Gasteiger partial charge in [0.05, 0.1) is 19.1 Å². The van der Waals surface area contributed by atoms with Crippen molar-refractivity contribution in [1.29, 1.82) is 0 Å². The molecule has 1 unspecified atom stereocenters. The molecule has 2 aromatic rings. The summed E-state index contributed by atoms with van der Waals surface area (Å²) >= 11 is 0. The maximum atomic E-state index is 10.1. The van der Waals surface area contributed by atoms with Crippen molar-refractivity contribution in [2.45, 2.75) is 26.0 Å². The van der Waals surface area contributed by atoms with E-state index < -0.39 is 6.10 Å². The number of imidazole rings is 1. The van der Waals surface area contributed by atoms with Crippen LogP contribution in [0, 0.1) is 0 Å². The van der Waals surface area contributed by atoms with Gasteiger partial charge in [0.15, 0.2) is 11.5 Å². The summed E-state index contributed by atoms with van der Waals surface area (Å²) in [5.74, 6) is 1.15. The smallest absolute Gasteiger partial charge is 0.170 e. The van der Waals surface area contributed by atoms with Gasteiger partial charge < -0.3 is 24.5 Å². The molecule has 130 valence electrons. The molecule has 0 saturated heterocycles. The Hall–Kier alpha value is -2.31. The van der Waals surface area contributed by atoms with Crippen LogP contribution in [-0.2, 0) is 0 Å². The molecule has 0 radical (unpaired) electrons. The van der Waals surface area contributed by atoms with Gasteiger partial charge in [-0.2, -0.15) is 0 Å². The highest BCUT2D eigenvalue weighted by molar-refractivity contribution is 5.71. The summed E-state index contributed by atoms with van der Waals surface area (Å²) in [6.45, 7) is 8.78. The second kappa shape index (κ2) is 8.52. The lowest BCUT2D eigenvalue weighted by Gasteiger charge is -2.19. The van der Waals surface area contributed by atoms with Crippen LogP contribution in [0.2, 0.25) is 0 Å². The minimum atomic E-state index is -0.619. The molecule has 0 spiro atoms. The van der Waals surface area contributed by atoms with Crippen LogP contribution < -0.4 is 14.8 Å². The molecule has 2 rings (SSSR count). The van der Waals surface area contributed by atoms with E-state index in [0.29, 0.717) is 24.1 Å². The molecular formula is C18H25N3O3. The first-order valence-electron chi connectivity index (χ1n) is 7.91. The van der Waals surface area contributed by atoms with Crippen LogP contribution in [0.15, 0.2) is 43.5 Å². The predicted molar refractivity (Wildman–Crippen MR) is 94.3 cm³/mol. The maximum absolute atomic E-state index is 10.1. The van der Waals surface area contributed by atoms with Crippen molar-refractivity contribution in [2.75, 3.05) is 20.3 Å². The highest BCUT2D eigenvalue weighted by Crippen LogP contribution is 2.35. The third-order valence-corrected chi connectivity index (χ3v) is 3.51. The summed E-state index contributed by atoms with van der Waals surface area (Å²) in [7, 11) is 1.59. The minimum absolute atomic E-state index is 0.157. The number of hydrogen-bond donors (Lipinski definition) is 2. The summed E-state index contributed by atoms with van der Waals surface area (Å²) in [5.41, 5.74) is 1.51. The number of para-hydroxylation sites is 1. The topological polar surface area (TPSA) is 68.5 Å². The molecule has 24 heavy (non-hydrogen) atoms. The van der Waals surface area contributed by atoms with Gasteiger partial charge in [-0.05, 0) is 12.1 Å². The normalized spacial score (nSPS) is 12.2. The van der Waals surface area contributed by atoms with Crippen LogP contribution in [0.3, 0.4) is 0 Å². The second-order valence-electron chi connectivity index (χ2n) is 5.78. The van der Waals surface area contributed by atoms with Gasteiger partial charge in [0.1, 0.15) is 12.7 Å². The standard InChI is InChI=1S/C18H25N3O3/c1-13(2)20-10-15(22)11-24-18-16(6-5-7-17(18)23-4)14(3)21-9-8-19-12-21/h5-9,12-13,15,20,22H,3,10-11H2,1-2,4H3. The van der Waals surface area contributed by atoms with Crippen molar-refractivity contribution in [3.63, 3.8) is 0 Å².